The molecule has 1 aliphatic rings. The van der Waals surface area contributed by atoms with Gasteiger partial charge in [0, 0.05) is 38.4 Å². The van der Waals surface area contributed by atoms with Crippen molar-refractivity contribution in [3.63, 3.8) is 0 Å². The lowest BCUT2D eigenvalue weighted by atomic mass is 10.1. The predicted molar refractivity (Wildman–Crippen MR) is 87.3 cm³/mol. The molecular formula is C18H24N2O3. The van der Waals surface area contributed by atoms with Crippen LogP contribution in [0.5, 0.6) is 0 Å². The summed E-state index contributed by atoms with van der Waals surface area (Å²) < 4.78 is 0. The van der Waals surface area contributed by atoms with Crippen molar-refractivity contribution in [1.29, 1.82) is 0 Å². The van der Waals surface area contributed by atoms with Gasteiger partial charge in [0.25, 0.3) is 0 Å². The highest BCUT2D eigenvalue weighted by Gasteiger charge is 2.29. The Morgan fingerprint density at radius 1 is 1.17 bits per heavy atom. The molecule has 1 fully saturated rings. The van der Waals surface area contributed by atoms with Crippen LogP contribution >= 0.6 is 0 Å². The number of hydrogen-bond acceptors (Lipinski definition) is 3. The molecule has 5 nitrogen and oxygen atoms in total. The van der Waals surface area contributed by atoms with Gasteiger partial charge in [-0.15, -0.1) is 0 Å². The Hall–Kier alpha value is -2.17. The summed E-state index contributed by atoms with van der Waals surface area (Å²) in [4.78, 5) is 38.9. The molecule has 1 heterocycles. The zero-order valence-corrected chi connectivity index (χ0v) is 13.8. The van der Waals surface area contributed by atoms with E-state index in [1.54, 1.807) is 0 Å². The Labute approximate surface area is 137 Å². The summed E-state index contributed by atoms with van der Waals surface area (Å²) in [6, 6.07) is 9.97. The van der Waals surface area contributed by atoms with E-state index < -0.39 is 0 Å². The average molecular weight is 316 g/mol. The first-order valence-electron chi connectivity index (χ1n) is 8.19. The van der Waals surface area contributed by atoms with Crippen LogP contribution in [0.1, 0.15) is 45.1 Å². The molecule has 124 valence electrons. The number of amides is 3. The topological polar surface area (TPSA) is 57.7 Å². The van der Waals surface area contributed by atoms with Gasteiger partial charge in [0.05, 0.1) is 0 Å². The summed E-state index contributed by atoms with van der Waals surface area (Å²) in [6.07, 6.45) is 1.59. The van der Waals surface area contributed by atoms with Crippen LogP contribution in [0.4, 0.5) is 0 Å². The summed E-state index contributed by atoms with van der Waals surface area (Å²) in [7, 11) is 0. The number of likely N-dealkylation sites (tertiary alicyclic amines) is 1. The van der Waals surface area contributed by atoms with Crippen LogP contribution in [0.15, 0.2) is 30.3 Å². The fourth-order valence-corrected chi connectivity index (χ4v) is 2.71. The second-order valence-corrected chi connectivity index (χ2v) is 5.95. The minimum atomic E-state index is -0.166. The molecule has 1 aliphatic heterocycles. The molecule has 3 amide bonds. The Morgan fingerprint density at radius 2 is 1.78 bits per heavy atom. The highest BCUT2D eigenvalue weighted by Crippen LogP contribution is 2.15. The van der Waals surface area contributed by atoms with Gasteiger partial charge >= 0.3 is 0 Å². The Balaban J connectivity index is 1.99. The summed E-state index contributed by atoms with van der Waals surface area (Å²) in [5, 5.41) is 0. The third-order valence-electron chi connectivity index (χ3n) is 4.34. The third kappa shape index (κ3) is 4.41. The number of hydrogen-bond donors (Lipinski definition) is 0. The predicted octanol–water partition coefficient (Wildman–Crippen LogP) is 2.35. The SMILES string of the molecule is CCC(C)N(Cc1ccccc1)C(=O)CCN1C(=O)CCC1=O. The van der Waals surface area contributed by atoms with E-state index in [1.807, 2.05) is 49.1 Å². The minimum Gasteiger partial charge on any atom is -0.336 e. The van der Waals surface area contributed by atoms with E-state index in [1.165, 1.54) is 4.90 Å². The lowest BCUT2D eigenvalue weighted by Crippen LogP contribution is -2.40. The number of imide groups is 1. The van der Waals surface area contributed by atoms with Crippen molar-refractivity contribution in [2.24, 2.45) is 0 Å². The van der Waals surface area contributed by atoms with Gasteiger partial charge in [-0.05, 0) is 18.9 Å². The quantitative estimate of drug-likeness (QED) is 0.726. The van der Waals surface area contributed by atoms with Gasteiger partial charge in [-0.3, -0.25) is 19.3 Å². The first-order valence-corrected chi connectivity index (χ1v) is 8.19. The highest BCUT2D eigenvalue weighted by molar-refractivity contribution is 6.02. The zero-order valence-electron chi connectivity index (χ0n) is 13.8. The van der Waals surface area contributed by atoms with E-state index in [-0.39, 0.29) is 49.6 Å². The Bertz CT molecular complexity index is 555. The summed E-state index contributed by atoms with van der Waals surface area (Å²) in [5.41, 5.74) is 1.08. The zero-order chi connectivity index (χ0) is 16.8. The van der Waals surface area contributed by atoms with E-state index in [2.05, 4.69) is 0 Å². The molecule has 1 unspecified atom stereocenters. The third-order valence-corrected chi connectivity index (χ3v) is 4.34. The van der Waals surface area contributed by atoms with Crippen molar-refractivity contribution in [3.05, 3.63) is 35.9 Å². The molecule has 1 atom stereocenters. The molecule has 0 saturated carbocycles. The van der Waals surface area contributed by atoms with E-state index in [0.717, 1.165) is 12.0 Å². The summed E-state index contributed by atoms with van der Waals surface area (Å²) >= 11 is 0. The number of carbonyl (C=O) groups is 3. The molecule has 0 bridgehead atoms. The number of nitrogens with zero attached hydrogens (tertiary/aromatic N) is 2. The van der Waals surface area contributed by atoms with Crippen molar-refractivity contribution in [3.8, 4) is 0 Å². The number of carbonyl (C=O) groups excluding carboxylic acids is 3. The van der Waals surface area contributed by atoms with Gasteiger partial charge in [0.1, 0.15) is 0 Å². The molecule has 23 heavy (non-hydrogen) atoms. The number of benzene rings is 1. The van der Waals surface area contributed by atoms with E-state index in [0.29, 0.717) is 6.54 Å². The highest BCUT2D eigenvalue weighted by atomic mass is 16.2. The molecule has 1 aromatic rings. The molecule has 1 aromatic carbocycles. The van der Waals surface area contributed by atoms with E-state index >= 15 is 0 Å². The Kier molecular flexibility index (Phi) is 5.90. The normalized spacial score (nSPS) is 15.8. The standard InChI is InChI=1S/C18H24N2O3/c1-3-14(2)20(13-15-7-5-4-6-8-15)18(23)11-12-19-16(21)9-10-17(19)22/h4-8,14H,3,9-13H2,1-2H3. The molecule has 0 aromatic heterocycles. The van der Waals surface area contributed by atoms with Crippen molar-refractivity contribution < 1.29 is 14.4 Å². The van der Waals surface area contributed by atoms with Gasteiger partial charge in [-0.25, -0.2) is 0 Å². The fraction of sp³-hybridized carbons (Fsp3) is 0.500. The summed E-state index contributed by atoms with van der Waals surface area (Å²) in [5.74, 6) is -0.349. The van der Waals surface area contributed by atoms with Crippen LogP contribution < -0.4 is 0 Å². The smallest absolute Gasteiger partial charge is 0.229 e. The number of rotatable bonds is 7. The van der Waals surface area contributed by atoms with Crippen molar-refractivity contribution in [2.75, 3.05) is 6.54 Å². The van der Waals surface area contributed by atoms with Gasteiger partial charge in [-0.1, -0.05) is 37.3 Å². The van der Waals surface area contributed by atoms with Gasteiger partial charge in [0.15, 0.2) is 0 Å². The van der Waals surface area contributed by atoms with Gasteiger partial charge in [-0.2, -0.15) is 0 Å². The molecule has 0 radical (unpaired) electrons. The molecular weight excluding hydrogens is 292 g/mol. The van der Waals surface area contributed by atoms with Crippen molar-refractivity contribution >= 4 is 17.7 Å². The molecule has 2 rings (SSSR count). The fourth-order valence-electron chi connectivity index (χ4n) is 2.71. The maximum atomic E-state index is 12.6. The van der Waals surface area contributed by atoms with Crippen LogP contribution in [-0.2, 0) is 20.9 Å². The van der Waals surface area contributed by atoms with Crippen LogP contribution in [-0.4, -0.2) is 40.1 Å². The molecule has 0 N–H and O–H groups in total. The minimum absolute atomic E-state index is 0.0179. The maximum Gasteiger partial charge on any atom is 0.229 e. The molecule has 1 saturated heterocycles. The van der Waals surface area contributed by atoms with Crippen molar-refractivity contribution in [1.82, 2.24) is 9.80 Å². The maximum absolute atomic E-state index is 12.6. The monoisotopic (exact) mass is 316 g/mol. The first-order chi connectivity index (χ1) is 11.0. The average Bonchev–Trinajstić information content (AvgIpc) is 2.89. The first kappa shape index (κ1) is 17.2. The van der Waals surface area contributed by atoms with E-state index in [4.69, 9.17) is 0 Å². The largest absolute Gasteiger partial charge is 0.336 e. The van der Waals surface area contributed by atoms with Gasteiger partial charge < -0.3 is 4.90 Å². The van der Waals surface area contributed by atoms with Crippen LogP contribution in [0.25, 0.3) is 0 Å². The Morgan fingerprint density at radius 3 is 2.35 bits per heavy atom. The second kappa shape index (κ2) is 7.90. The van der Waals surface area contributed by atoms with Crippen LogP contribution in [0.3, 0.4) is 0 Å². The van der Waals surface area contributed by atoms with Crippen LogP contribution in [0, 0.1) is 0 Å². The molecule has 5 heteroatoms. The lowest BCUT2D eigenvalue weighted by Gasteiger charge is -2.29. The van der Waals surface area contributed by atoms with Gasteiger partial charge in [0.2, 0.25) is 17.7 Å². The molecule has 0 aliphatic carbocycles. The second-order valence-electron chi connectivity index (χ2n) is 5.95. The summed E-state index contributed by atoms with van der Waals surface area (Å²) in [6.45, 7) is 4.81. The van der Waals surface area contributed by atoms with Crippen LogP contribution in [0.2, 0.25) is 0 Å². The lowest BCUT2D eigenvalue weighted by molar-refractivity contribution is -0.140. The van der Waals surface area contributed by atoms with E-state index in [9.17, 15) is 14.4 Å². The van der Waals surface area contributed by atoms with Crippen molar-refractivity contribution in [2.45, 2.75) is 52.1 Å². The molecule has 0 spiro atoms.